The Bertz CT molecular complexity index is 418. The van der Waals surface area contributed by atoms with E-state index in [9.17, 15) is 4.79 Å². The van der Waals surface area contributed by atoms with E-state index in [2.05, 4.69) is 29.1 Å². The van der Waals surface area contributed by atoms with Gasteiger partial charge < -0.3 is 10.2 Å². The molecule has 5 nitrogen and oxygen atoms in total. The molecule has 0 radical (unpaired) electrons. The van der Waals surface area contributed by atoms with Crippen LogP contribution in [0.15, 0.2) is 12.4 Å². The molecule has 1 atom stereocenters. The van der Waals surface area contributed by atoms with Gasteiger partial charge in [-0.25, -0.2) is 9.97 Å². The highest BCUT2D eigenvalue weighted by molar-refractivity contribution is 5.92. The molecule has 1 unspecified atom stereocenters. The first kappa shape index (κ1) is 13.8. The summed E-state index contributed by atoms with van der Waals surface area (Å²) in [6, 6.07) is 0. The Balaban J connectivity index is 1.98. The number of anilines is 1. The number of likely N-dealkylation sites (tertiary alicyclic amines) is 1. The molecule has 0 bridgehead atoms. The number of piperidine rings is 1. The van der Waals surface area contributed by atoms with Crippen LogP contribution < -0.4 is 5.32 Å². The SMILES string of the molecule is CCCNc1cnc(C(=O)N2CCCC(C)C2)cn1. The van der Waals surface area contributed by atoms with Crippen molar-refractivity contribution in [1.82, 2.24) is 14.9 Å². The fourth-order valence-corrected chi connectivity index (χ4v) is 2.32. The quantitative estimate of drug-likeness (QED) is 0.903. The van der Waals surface area contributed by atoms with E-state index in [4.69, 9.17) is 0 Å². The van der Waals surface area contributed by atoms with E-state index < -0.39 is 0 Å². The summed E-state index contributed by atoms with van der Waals surface area (Å²) in [5, 5.41) is 3.15. The van der Waals surface area contributed by atoms with Gasteiger partial charge in [-0.15, -0.1) is 0 Å². The summed E-state index contributed by atoms with van der Waals surface area (Å²) in [4.78, 5) is 22.6. The molecular formula is C14H22N4O. The standard InChI is InChI=1S/C14H22N4O/c1-3-6-15-13-9-16-12(8-17-13)14(19)18-7-4-5-11(2)10-18/h8-9,11H,3-7,10H2,1-2H3,(H,15,17). The average Bonchev–Trinajstić information content (AvgIpc) is 2.45. The van der Waals surface area contributed by atoms with Crippen LogP contribution in [0.4, 0.5) is 5.82 Å². The van der Waals surface area contributed by atoms with Gasteiger partial charge in [-0.1, -0.05) is 13.8 Å². The Morgan fingerprint density at radius 2 is 2.32 bits per heavy atom. The monoisotopic (exact) mass is 262 g/mol. The Hall–Kier alpha value is -1.65. The van der Waals surface area contributed by atoms with Gasteiger partial charge in [-0.2, -0.15) is 0 Å². The van der Waals surface area contributed by atoms with Crippen LogP contribution in [0.1, 0.15) is 43.6 Å². The van der Waals surface area contributed by atoms with Crippen LogP contribution in [0.25, 0.3) is 0 Å². The second-order valence-electron chi connectivity index (χ2n) is 5.21. The Morgan fingerprint density at radius 1 is 1.47 bits per heavy atom. The minimum absolute atomic E-state index is 0.00101. The number of hydrogen-bond donors (Lipinski definition) is 1. The number of carbonyl (C=O) groups excluding carboxylic acids is 1. The maximum absolute atomic E-state index is 12.3. The molecule has 1 aromatic rings. The fraction of sp³-hybridized carbons (Fsp3) is 0.643. The smallest absolute Gasteiger partial charge is 0.274 e. The third-order valence-electron chi connectivity index (χ3n) is 3.37. The molecule has 0 saturated carbocycles. The van der Waals surface area contributed by atoms with Gasteiger partial charge >= 0.3 is 0 Å². The van der Waals surface area contributed by atoms with E-state index >= 15 is 0 Å². The van der Waals surface area contributed by atoms with Crippen molar-refractivity contribution in [1.29, 1.82) is 0 Å². The van der Waals surface area contributed by atoms with Crippen molar-refractivity contribution in [3.05, 3.63) is 18.1 Å². The summed E-state index contributed by atoms with van der Waals surface area (Å²) in [7, 11) is 0. The minimum atomic E-state index is 0.00101. The fourth-order valence-electron chi connectivity index (χ4n) is 2.32. The van der Waals surface area contributed by atoms with Crippen LogP contribution in [0, 0.1) is 5.92 Å². The van der Waals surface area contributed by atoms with Gasteiger partial charge in [0.1, 0.15) is 11.5 Å². The third-order valence-corrected chi connectivity index (χ3v) is 3.37. The summed E-state index contributed by atoms with van der Waals surface area (Å²) in [6.07, 6.45) is 6.52. The van der Waals surface area contributed by atoms with Gasteiger partial charge in [0.15, 0.2) is 0 Å². The highest BCUT2D eigenvalue weighted by Gasteiger charge is 2.22. The molecule has 1 N–H and O–H groups in total. The lowest BCUT2D eigenvalue weighted by atomic mass is 10.0. The van der Waals surface area contributed by atoms with Crippen LogP contribution in [-0.4, -0.2) is 40.4 Å². The van der Waals surface area contributed by atoms with Crippen LogP contribution >= 0.6 is 0 Å². The largest absolute Gasteiger partial charge is 0.369 e. The van der Waals surface area contributed by atoms with Gasteiger partial charge in [-0.05, 0) is 25.2 Å². The summed E-state index contributed by atoms with van der Waals surface area (Å²) in [5.74, 6) is 1.31. The molecule has 5 heteroatoms. The molecule has 1 aliphatic heterocycles. The Morgan fingerprint density at radius 3 is 2.95 bits per heavy atom. The van der Waals surface area contributed by atoms with Crippen LogP contribution in [-0.2, 0) is 0 Å². The van der Waals surface area contributed by atoms with Gasteiger partial charge in [0, 0.05) is 19.6 Å². The van der Waals surface area contributed by atoms with Gasteiger partial charge in [-0.3, -0.25) is 4.79 Å². The molecule has 1 saturated heterocycles. The second kappa shape index (κ2) is 6.50. The van der Waals surface area contributed by atoms with E-state index in [1.807, 2.05) is 4.90 Å². The van der Waals surface area contributed by atoms with Crippen molar-refractivity contribution in [2.45, 2.75) is 33.1 Å². The topological polar surface area (TPSA) is 58.1 Å². The average molecular weight is 262 g/mol. The van der Waals surface area contributed by atoms with E-state index in [0.717, 1.165) is 38.3 Å². The van der Waals surface area contributed by atoms with Crippen molar-refractivity contribution < 1.29 is 4.79 Å². The molecule has 1 aliphatic rings. The number of carbonyl (C=O) groups is 1. The summed E-state index contributed by atoms with van der Waals surface area (Å²) < 4.78 is 0. The molecular weight excluding hydrogens is 240 g/mol. The van der Waals surface area contributed by atoms with Crippen LogP contribution in [0.3, 0.4) is 0 Å². The summed E-state index contributed by atoms with van der Waals surface area (Å²) >= 11 is 0. The maximum atomic E-state index is 12.3. The van der Waals surface area contributed by atoms with Gasteiger partial charge in [0.2, 0.25) is 0 Å². The van der Waals surface area contributed by atoms with Crippen LogP contribution in [0.2, 0.25) is 0 Å². The first-order valence-corrected chi connectivity index (χ1v) is 7.06. The number of aromatic nitrogens is 2. The number of hydrogen-bond acceptors (Lipinski definition) is 4. The Labute approximate surface area is 114 Å². The third kappa shape index (κ3) is 3.66. The minimum Gasteiger partial charge on any atom is -0.369 e. The lowest BCUT2D eigenvalue weighted by Crippen LogP contribution is -2.39. The van der Waals surface area contributed by atoms with E-state index in [1.54, 1.807) is 12.4 Å². The molecule has 1 fully saturated rings. The molecule has 0 aliphatic carbocycles. The van der Waals surface area contributed by atoms with E-state index in [-0.39, 0.29) is 5.91 Å². The molecule has 19 heavy (non-hydrogen) atoms. The predicted octanol–water partition coefficient (Wildman–Crippen LogP) is 2.17. The predicted molar refractivity (Wildman–Crippen MR) is 75.1 cm³/mol. The molecule has 0 spiro atoms. The zero-order chi connectivity index (χ0) is 13.7. The van der Waals surface area contributed by atoms with Gasteiger partial charge in [0.25, 0.3) is 5.91 Å². The molecule has 2 heterocycles. The highest BCUT2D eigenvalue weighted by Crippen LogP contribution is 2.17. The van der Waals surface area contributed by atoms with Gasteiger partial charge in [0.05, 0.1) is 12.4 Å². The maximum Gasteiger partial charge on any atom is 0.274 e. The molecule has 1 amide bonds. The zero-order valence-corrected chi connectivity index (χ0v) is 11.7. The molecule has 1 aromatic heterocycles. The van der Waals surface area contributed by atoms with Crippen molar-refractivity contribution in [3.8, 4) is 0 Å². The van der Waals surface area contributed by atoms with Crippen LogP contribution in [0.5, 0.6) is 0 Å². The first-order valence-electron chi connectivity index (χ1n) is 7.06. The van der Waals surface area contributed by atoms with Crippen molar-refractivity contribution in [2.75, 3.05) is 25.0 Å². The highest BCUT2D eigenvalue weighted by atomic mass is 16.2. The van der Waals surface area contributed by atoms with Crippen molar-refractivity contribution >= 4 is 11.7 Å². The van der Waals surface area contributed by atoms with E-state index in [0.29, 0.717) is 11.6 Å². The summed E-state index contributed by atoms with van der Waals surface area (Å²) in [6.45, 7) is 6.81. The number of amides is 1. The number of nitrogens with one attached hydrogen (secondary N) is 1. The normalized spacial score (nSPS) is 19.3. The molecule has 0 aromatic carbocycles. The Kier molecular flexibility index (Phi) is 4.71. The van der Waals surface area contributed by atoms with E-state index in [1.165, 1.54) is 6.42 Å². The van der Waals surface area contributed by atoms with Crippen molar-refractivity contribution in [2.24, 2.45) is 5.92 Å². The zero-order valence-electron chi connectivity index (χ0n) is 11.7. The first-order chi connectivity index (χ1) is 9.20. The number of rotatable bonds is 4. The van der Waals surface area contributed by atoms with Crippen molar-refractivity contribution in [3.63, 3.8) is 0 Å². The second-order valence-corrected chi connectivity index (χ2v) is 5.21. The summed E-state index contributed by atoms with van der Waals surface area (Å²) in [5.41, 5.74) is 0.441. The lowest BCUT2D eigenvalue weighted by molar-refractivity contribution is 0.0676. The molecule has 2 rings (SSSR count). The number of nitrogens with zero attached hydrogens (tertiary/aromatic N) is 3. The molecule has 104 valence electrons. The lowest BCUT2D eigenvalue weighted by Gasteiger charge is -2.30.